The van der Waals surface area contributed by atoms with E-state index in [0.717, 1.165) is 52.9 Å². The number of aromatic amines is 1. The summed E-state index contributed by atoms with van der Waals surface area (Å²) in [6.07, 6.45) is 2.29. The average Bonchev–Trinajstić information content (AvgIpc) is 3.03. The Morgan fingerprint density at radius 3 is 2.81 bits per heavy atom. The van der Waals surface area contributed by atoms with E-state index >= 15 is 0 Å². The first-order valence-electron chi connectivity index (χ1n) is 8.52. The van der Waals surface area contributed by atoms with E-state index < -0.39 is 0 Å². The predicted molar refractivity (Wildman–Crippen MR) is 113 cm³/mol. The molecule has 2 N–H and O–H groups in total. The molecule has 0 aliphatic carbocycles. The Bertz CT molecular complexity index is 909. The summed E-state index contributed by atoms with van der Waals surface area (Å²) >= 11 is 13.1. The van der Waals surface area contributed by atoms with Gasteiger partial charge < -0.3 is 15.2 Å². The highest BCUT2D eigenvalue weighted by molar-refractivity contribution is 9.11. The lowest BCUT2D eigenvalue weighted by molar-refractivity contribution is 0.419. The summed E-state index contributed by atoms with van der Waals surface area (Å²) in [6.45, 7) is 2.75. The fourth-order valence-electron chi connectivity index (χ4n) is 3.32. The predicted octanol–water partition coefficient (Wildman–Crippen LogP) is 4.89. The Morgan fingerprint density at radius 2 is 2.00 bits per heavy atom. The number of hydrogen-bond donors (Lipinski definition) is 2. The zero-order valence-electron chi connectivity index (χ0n) is 14.0. The Balaban J connectivity index is 1.43. The minimum Gasteiger partial charge on any atom is -0.341 e. The average molecular weight is 500 g/mol. The van der Waals surface area contributed by atoms with Gasteiger partial charge in [-0.25, -0.2) is 4.98 Å². The molecular weight excluding hydrogens is 481 g/mol. The van der Waals surface area contributed by atoms with E-state index in [0.29, 0.717) is 16.8 Å². The van der Waals surface area contributed by atoms with Crippen LogP contribution in [0.15, 0.2) is 39.3 Å². The third-order valence-corrected chi connectivity index (χ3v) is 5.66. The van der Waals surface area contributed by atoms with Gasteiger partial charge in [0.2, 0.25) is 5.95 Å². The van der Waals surface area contributed by atoms with Gasteiger partial charge in [-0.2, -0.15) is 4.98 Å². The van der Waals surface area contributed by atoms with Crippen molar-refractivity contribution in [1.29, 1.82) is 0 Å². The molecule has 1 aliphatic heterocycles. The highest BCUT2D eigenvalue weighted by Crippen LogP contribution is 2.23. The van der Waals surface area contributed by atoms with Gasteiger partial charge in [0, 0.05) is 34.6 Å². The number of nitrogens with one attached hydrogen (secondary N) is 2. The van der Waals surface area contributed by atoms with Crippen molar-refractivity contribution in [2.75, 3.05) is 18.0 Å². The minimum absolute atomic E-state index is 0.422. The molecule has 136 valence electrons. The number of benzene rings is 1. The maximum Gasteiger partial charge on any atom is 0.205 e. The zero-order valence-corrected chi connectivity index (χ0v) is 17.9. The van der Waals surface area contributed by atoms with Gasteiger partial charge in [0.25, 0.3) is 0 Å². The molecular formula is C18H18Br2ClN5. The fraction of sp³-hybridized carbons (Fsp3) is 0.333. The summed E-state index contributed by atoms with van der Waals surface area (Å²) in [5.41, 5.74) is 2.84. The smallest absolute Gasteiger partial charge is 0.205 e. The SMILES string of the molecule is Clc1ccc2[nH]c(N3CCCC(NCc4cc(Br)cc(Br)c4)C3)nc2n1. The van der Waals surface area contributed by atoms with E-state index in [1.807, 2.05) is 12.1 Å². The molecule has 8 heteroatoms. The Morgan fingerprint density at radius 1 is 1.19 bits per heavy atom. The number of anilines is 1. The van der Waals surface area contributed by atoms with Crippen molar-refractivity contribution in [3.63, 3.8) is 0 Å². The fourth-order valence-corrected chi connectivity index (χ4v) is 4.85. The molecule has 0 saturated carbocycles. The monoisotopic (exact) mass is 497 g/mol. The molecule has 0 radical (unpaired) electrons. The van der Waals surface area contributed by atoms with Crippen LogP contribution in [0.1, 0.15) is 18.4 Å². The van der Waals surface area contributed by atoms with Crippen LogP contribution in [0.2, 0.25) is 5.15 Å². The standard InChI is InChI=1S/C18H18Br2ClN5/c19-12-6-11(7-13(20)8-12)9-22-14-2-1-5-26(10-14)18-23-15-3-4-16(21)24-17(15)25-18/h3-4,6-8,14,22H,1-2,5,9-10H2,(H,23,24,25). The number of nitrogens with zero attached hydrogens (tertiary/aromatic N) is 3. The van der Waals surface area contributed by atoms with Crippen LogP contribution in [0.5, 0.6) is 0 Å². The zero-order chi connectivity index (χ0) is 18.1. The van der Waals surface area contributed by atoms with Gasteiger partial charge in [0.1, 0.15) is 5.15 Å². The number of piperidine rings is 1. The summed E-state index contributed by atoms with van der Waals surface area (Å²) in [4.78, 5) is 14.5. The van der Waals surface area contributed by atoms with Crippen LogP contribution in [0, 0.1) is 0 Å². The van der Waals surface area contributed by atoms with Crippen LogP contribution >= 0.6 is 43.5 Å². The van der Waals surface area contributed by atoms with Gasteiger partial charge in [-0.3, -0.25) is 0 Å². The molecule has 2 aromatic heterocycles. The number of hydrogen-bond acceptors (Lipinski definition) is 4. The molecule has 1 unspecified atom stereocenters. The van der Waals surface area contributed by atoms with Crippen molar-refractivity contribution < 1.29 is 0 Å². The van der Waals surface area contributed by atoms with Crippen molar-refractivity contribution in [3.05, 3.63) is 50.0 Å². The summed E-state index contributed by atoms with van der Waals surface area (Å²) in [7, 11) is 0. The Labute approximate surface area is 173 Å². The van der Waals surface area contributed by atoms with Crippen molar-refractivity contribution in [3.8, 4) is 0 Å². The highest BCUT2D eigenvalue weighted by atomic mass is 79.9. The lowest BCUT2D eigenvalue weighted by atomic mass is 10.1. The van der Waals surface area contributed by atoms with E-state index in [1.54, 1.807) is 6.07 Å². The topological polar surface area (TPSA) is 56.8 Å². The van der Waals surface area contributed by atoms with Crippen LogP contribution in [0.25, 0.3) is 11.2 Å². The van der Waals surface area contributed by atoms with Crippen LogP contribution < -0.4 is 10.2 Å². The van der Waals surface area contributed by atoms with E-state index in [2.05, 4.69) is 69.2 Å². The van der Waals surface area contributed by atoms with Gasteiger partial charge >= 0.3 is 0 Å². The number of H-pyrrole nitrogens is 1. The van der Waals surface area contributed by atoms with Crippen LogP contribution in [-0.4, -0.2) is 34.1 Å². The number of imidazole rings is 1. The Hall–Kier alpha value is -1.15. The van der Waals surface area contributed by atoms with Crippen molar-refractivity contribution in [2.24, 2.45) is 0 Å². The molecule has 1 atom stereocenters. The summed E-state index contributed by atoms with van der Waals surface area (Å²) in [5.74, 6) is 0.867. The van der Waals surface area contributed by atoms with Gasteiger partial charge in [-0.1, -0.05) is 43.5 Å². The normalized spacial score (nSPS) is 17.8. The molecule has 0 amide bonds. The van der Waals surface area contributed by atoms with E-state index in [4.69, 9.17) is 11.6 Å². The Kier molecular flexibility index (Phi) is 5.50. The molecule has 26 heavy (non-hydrogen) atoms. The van der Waals surface area contributed by atoms with Crippen LogP contribution in [0.4, 0.5) is 5.95 Å². The third kappa shape index (κ3) is 4.22. The minimum atomic E-state index is 0.422. The van der Waals surface area contributed by atoms with Gasteiger partial charge in [0.05, 0.1) is 5.52 Å². The van der Waals surface area contributed by atoms with Gasteiger partial charge in [-0.05, 0) is 48.7 Å². The van der Waals surface area contributed by atoms with Crippen molar-refractivity contribution in [2.45, 2.75) is 25.4 Å². The molecule has 0 spiro atoms. The van der Waals surface area contributed by atoms with Gasteiger partial charge in [0.15, 0.2) is 5.65 Å². The molecule has 3 heterocycles. The maximum atomic E-state index is 5.96. The molecule has 1 fully saturated rings. The quantitative estimate of drug-likeness (QED) is 0.502. The third-order valence-electron chi connectivity index (χ3n) is 4.54. The summed E-state index contributed by atoms with van der Waals surface area (Å²) in [6, 6.07) is 10.5. The van der Waals surface area contributed by atoms with Crippen molar-refractivity contribution in [1.82, 2.24) is 20.3 Å². The molecule has 0 bridgehead atoms. The first kappa shape index (κ1) is 18.2. The van der Waals surface area contributed by atoms with E-state index in [-0.39, 0.29) is 0 Å². The molecule has 4 rings (SSSR count). The number of rotatable bonds is 4. The van der Waals surface area contributed by atoms with E-state index in [9.17, 15) is 0 Å². The number of halogens is 3. The largest absolute Gasteiger partial charge is 0.341 e. The summed E-state index contributed by atoms with van der Waals surface area (Å²) in [5, 5.41) is 4.14. The number of aromatic nitrogens is 3. The lowest BCUT2D eigenvalue weighted by Crippen LogP contribution is -2.45. The molecule has 3 aromatic rings. The lowest BCUT2D eigenvalue weighted by Gasteiger charge is -2.33. The van der Waals surface area contributed by atoms with Crippen LogP contribution in [-0.2, 0) is 6.54 Å². The first-order valence-corrected chi connectivity index (χ1v) is 10.5. The molecule has 5 nitrogen and oxygen atoms in total. The van der Waals surface area contributed by atoms with Crippen molar-refractivity contribution >= 4 is 60.6 Å². The number of fused-ring (bicyclic) bond motifs is 1. The summed E-state index contributed by atoms with van der Waals surface area (Å²) < 4.78 is 2.17. The van der Waals surface area contributed by atoms with Crippen LogP contribution in [0.3, 0.4) is 0 Å². The van der Waals surface area contributed by atoms with E-state index in [1.165, 1.54) is 5.56 Å². The first-order chi connectivity index (χ1) is 12.6. The second-order valence-electron chi connectivity index (χ2n) is 6.51. The second kappa shape index (κ2) is 7.84. The molecule has 1 aliphatic rings. The molecule has 1 saturated heterocycles. The number of pyridine rings is 1. The van der Waals surface area contributed by atoms with Gasteiger partial charge in [-0.15, -0.1) is 0 Å². The molecule has 1 aromatic carbocycles. The second-order valence-corrected chi connectivity index (χ2v) is 8.73. The highest BCUT2D eigenvalue weighted by Gasteiger charge is 2.22. The maximum absolute atomic E-state index is 5.96.